The van der Waals surface area contributed by atoms with Crippen LogP contribution in [0.25, 0.3) is 22.3 Å². The molecule has 15 nitrogen and oxygen atoms in total. The van der Waals surface area contributed by atoms with Crippen LogP contribution in [0, 0.1) is 0 Å². The molecule has 0 bridgehead atoms. The molecule has 1 saturated heterocycles. The van der Waals surface area contributed by atoms with Crippen molar-refractivity contribution in [3.63, 3.8) is 0 Å². The molecule has 5 atom stereocenters. The topological polar surface area (TPSA) is 254 Å². The first-order chi connectivity index (χ1) is 17.3. The van der Waals surface area contributed by atoms with E-state index >= 15 is 0 Å². The van der Waals surface area contributed by atoms with Crippen LogP contribution < -0.4 is 10.2 Å². The van der Waals surface area contributed by atoms with Crippen molar-refractivity contribution in [1.29, 1.82) is 0 Å². The minimum atomic E-state index is -5.23. The van der Waals surface area contributed by atoms with Gasteiger partial charge in [0, 0.05) is 17.7 Å². The zero-order chi connectivity index (χ0) is 27.2. The van der Waals surface area contributed by atoms with E-state index in [0.717, 1.165) is 24.3 Å². The molecule has 200 valence electrons. The highest BCUT2D eigenvalue weighted by molar-refractivity contribution is 7.80. The molecule has 0 saturated carbocycles. The molecule has 8 N–H and O–H groups in total. The lowest BCUT2D eigenvalue weighted by Crippen LogP contribution is -2.61. The number of hydrogen-bond donors (Lipinski definition) is 8. The second-order valence-electron chi connectivity index (χ2n) is 7.94. The van der Waals surface area contributed by atoms with Crippen molar-refractivity contribution >= 4 is 21.4 Å². The van der Waals surface area contributed by atoms with Crippen molar-refractivity contribution in [1.82, 2.24) is 0 Å². The summed E-state index contributed by atoms with van der Waals surface area (Å²) >= 11 is 0. The van der Waals surface area contributed by atoms with Gasteiger partial charge in [0.1, 0.15) is 46.9 Å². The number of rotatable bonds is 6. The smallest absolute Gasteiger partial charge is 0.397 e. The fourth-order valence-electron chi connectivity index (χ4n) is 3.75. The summed E-state index contributed by atoms with van der Waals surface area (Å²) in [4.78, 5) is 13.4. The van der Waals surface area contributed by atoms with Gasteiger partial charge in [0.25, 0.3) is 0 Å². The van der Waals surface area contributed by atoms with Crippen molar-refractivity contribution in [3.05, 3.63) is 40.6 Å². The number of phenols is 4. The third-order valence-corrected chi connectivity index (χ3v) is 5.91. The molecule has 0 amide bonds. The van der Waals surface area contributed by atoms with E-state index in [1.807, 2.05) is 0 Å². The first kappa shape index (κ1) is 26.4. The van der Waals surface area contributed by atoms with Crippen molar-refractivity contribution in [2.45, 2.75) is 30.7 Å². The number of aliphatic hydroxyl groups excluding tert-OH is 3. The summed E-state index contributed by atoms with van der Waals surface area (Å²) in [7, 11) is -5.23. The maximum absolute atomic E-state index is 13.4. The largest absolute Gasteiger partial charge is 0.508 e. The SMILES string of the molecule is O=c1c(O[C@@H]2O[C@@H](CO)[C@@H](O)[C@H](OS(=O)(=O)O)[C@H]2O)c(-c2ccc(O)c(O)c2)oc2cc(O)cc(O)c12. The van der Waals surface area contributed by atoms with Crippen LogP contribution >= 0.6 is 0 Å². The molecule has 0 spiro atoms. The van der Waals surface area contributed by atoms with Crippen LogP contribution in [0.3, 0.4) is 0 Å². The van der Waals surface area contributed by atoms with Crippen LogP contribution in [0.1, 0.15) is 0 Å². The summed E-state index contributed by atoms with van der Waals surface area (Å²) < 4.78 is 52.2. The van der Waals surface area contributed by atoms with E-state index in [1.165, 1.54) is 6.07 Å². The van der Waals surface area contributed by atoms with Crippen LogP contribution in [0.5, 0.6) is 28.7 Å². The quantitative estimate of drug-likeness (QED) is 0.141. The molecule has 2 aromatic carbocycles. The van der Waals surface area contributed by atoms with E-state index in [4.69, 9.17) is 18.4 Å². The number of phenolic OH excluding ortho intramolecular Hbond substituents is 4. The average Bonchev–Trinajstić information content (AvgIpc) is 2.80. The Bertz CT molecular complexity index is 1500. The van der Waals surface area contributed by atoms with E-state index in [9.17, 15) is 49.0 Å². The Morgan fingerprint density at radius 3 is 2.27 bits per heavy atom. The van der Waals surface area contributed by atoms with Crippen LogP contribution in [0.15, 0.2) is 39.5 Å². The molecule has 1 fully saturated rings. The lowest BCUT2D eigenvalue weighted by molar-refractivity contribution is -0.272. The summed E-state index contributed by atoms with van der Waals surface area (Å²) in [6.45, 7) is -0.940. The molecular weight excluding hydrogens is 524 g/mol. The number of ether oxygens (including phenoxy) is 2. The Hall–Kier alpha value is -3.64. The number of hydrogen-bond acceptors (Lipinski definition) is 14. The summed E-state index contributed by atoms with van der Waals surface area (Å²) in [5, 5.41) is 69.4. The van der Waals surface area contributed by atoms with Gasteiger partial charge in [0.05, 0.1) is 6.61 Å². The Morgan fingerprint density at radius 1 is 0.946 bits per heavy atom. The maximum Gasteiger partial charge on any atom is 0.397 e. The third-order valence-electron chi connectivity index (χ3n) is 5.44. The lowest BCUT2D eigenvalue weighted by Gasteiger charge is -2.40. The zero-order valence-electron chi connectivity index (χ0n) is 18.3. The normalized spacial score (nSPS) is 24.3. The Balaban J connectivity index is 1.89. The van der Waals surface area contributed by atoms with E-state index in [0.29, 0.717) is 0 Å². The summed E-state index contributed by atoms with van der Waals surface area (Å²) in [5.41, 5.74) is -1.50. The van der Waals surface area contributed by atoms with Crippen molar-refractivity contribution in [2.75, 3.05) is 6.61 Å². The second kappa shape index (κ2) is 9.67. The molecule has 4 rings (SSSR count). The molecule has 0 aliphatic carbocycles. The Kier molecular flexibility index (Phi) is 6.91. The second-order valence-corrected chi connectivity index (χ2v) is 8.99. The summed E-state index contributed by atoms with van der Waals surface area (Å²) in [6.07, 6.45) is -9.94. The van der Waals surface area contributed by atoms with Gasteiger partial charge in [-0.3, -0.25) is 9.35 Å². The Morgan fingerprint density at radius 2 is 1.65 bits per heavy atom. The van der Waals surface area contributed by atoms with Gasteiger partial charge in [-0.2, -0.15) is 8.42 Å². The monoisotopic (exact) mass is 544 g/mol. The molecule has 0 unspecified atom stereocenters. The van der Waals surface area contributed by atoms with Gasteiger partial charge in [0.2, 0.25) is 17.5 Å². The summed E-state index contributed by atoms with van der Waals surface area (Å²) in [6, 6.07) is 5.02. The predicted octanol–water partition coefficient (Wildman–Crippen LogP) is -0.712. The first-order valence-corrected chi connectivity index (χ1v) is 11.7. The molecule has 3 aromatic rings. The van der Waals surface area contributed by atoms with Crippen LogP contribution in [-0.2, 0) is 19.3 Å². The predicted molar refractivity (Wildman–Crippen MR) is 119 cm³/mol. The molecule has 2 heterocycles. The van der Waals surface area contributed by atoms with Gasteiger partial charge in [0.15, 0.2) is 17.3 Å². The first-order valence-electron chi connectivity index (χ1n) is 10.3. The number of aliphatic hydroxyl groups is 3. The van der Waals surface area contributed by atoms with Crippen LogP contribution in [-0.4, -0.2) is 86.0 Å². The maximum atomic E-state index is 13.4. The average molecular weight is 544 g/mol. The van der Waals surface area contributed by atoms with Crippen molar-refractivity contribution in [3.8, 4) is 40.1 Å². The molecule has 1 aliphatic heterocycles. The molecule has 37 heavy (non-hydrogen) atoms. The van der Waals surface area contributed by atoms with Gasteiger partial charge in [-0.1, -0.05) is 0 Å². The van der Waals surface area contributed by atoms with E-state index < -0.39 is 93.0 Å². The van der Waals surface area contributed by atoms with Crippen molar-refractivity contribution in [2.24, 2.45) is 0 Å². The third kappa shape index (κ3) is 5.12. The fraction of sp³-hybridized carbons (Fsp3) is 0.286. The van der Waals surface area contributed by atoms with Gasteiger partial charge >= 0.3 is 10.4 Å². The molecule has 16 heteroatoms. The highest BCUT2D eigenvalue weighted by Gasteiger charge is 2.49. The zero-order valence-corrected chi connectivity index (χ0v) is 19.1. The molecule has 1 aromatic heterocycles. The fourth-order valence-corrected chi connectivity index (χ4v) is 4.26. The van der Waals surface area contributed by atoms with Crippen LogP contribution in [0.2, 0.25) is 0 Å². The van der Waals surface area contributed by atoms with E-state index in [2.05, 4.69) is 4.18 Å². The minimum Gasteiger partial charge on any atom is -0.508 e. The highest BCUT2D eigenvalue weighted by atomic mass is 32.3. The molecule has 1 aliphatic rings. The van der Waals surface area contributed by atoms with Crippen LogP contribution in [0.4, 0.5) is 0 Å². The molecular formula is C21H20O15S. The van der Waals surface area contributed by atoms with Gasteiger partial charge in [-0.05, 0) is 18.2 Å². The van der Waals surface area contributed by atoms with E-state index in [-0.39, 0.29) is 11.1 Å². The van der Waals surface area contributed by atoms with E-state index in [1.54, 1.807) is 0 Å². The number of fused-ring (bicyclic) bond motifs is 1. The van der Waals surface area contributed by atoms with Gasteiger partial charge < -0.3 is 49.6 Å². The summed E-state index contributed by atoms with van der Waals surface area (Å²) in [5.74, 6) is -3.61. The highest BCUT2D eigenvalue weighted by Crippen LogP contribution is 2.39. The minimum absolute atomic E-state index is 0.0816. The lowest BCUT2D eigenvalue weighted by atomic mass is 9.99. The molecule has 0 radical (unpaired) electrons. The van der Waals surface area contributed by atoms with Gasteiger partial charge in [-0.15, -0.1) is 0 Å². The number of benzene rings is 2. The van der Waals surface area contributed by atoms with Crippen molar-refractivity contribution < 1.29 is 66.8 Å². The standard InChI is InChI=1S/C21H20O15S/c22-6-13-15(27)19(36-37(30,31)32)17(29)21(34-13)35-20-16(28)14-11(26)4-8(23)5-12(14)33-18(20)7-1-2-9(24)10(25)3-7/h1-5,13,15,17,19,21-27,29H,6H2,(H,30,31,32)/t13-,15+,17+,19-,21-/m0/s1. The van der Waals surface area contributed by atoms with Gasteiger partial charge in [-0.25, -0.2) is 4.18 Å². The Labute approximate surface area is 206 Å². The number of aromatic hydroxyl groups is 4.